The Hall–Kier alpha value is -3.68. The van der Waals surface area contributed by atoms with Gasteiger partial charge in [0.15, 0.2) is 5.69 Å². The highest BCUT2D eigenvalue weighted by Crippen LogP contribution is 2.35. The molecule has 2 heterocycles. The number of hydrogen-bond donors (Lipinski definition) is 1. The van der Waals surface area contributed by atoms with Crippen LogP contribution in [-0.2, 0) is 0 Å². The summed E-state index contributed by atoms with van der Waals surface area (Å²) in [6.07, 6.45) is 1.12. The number of piperidine rings is 1. The Morgan fingerprint density at radius 2 is 1.57 bits per heavy atom. The molecule has 1 aliphatic rings. The van der Waals surface area contributed by atoms with E-state index in [4.69, 9.17) is 23.2 Å². The van der Waals surface area contributed by atoms with Crippen molar-refractivity contribution in [2.75, 3.05) is 13.1 Å². The Kier molecular flexibility index (Phi) is 7.00. The lowest BCUT2D eigenvalue weighted by atomic mass is 9.89. The van der Waals surface area contributed by atoms with Crippen molar-refractivity contribution in [3.8, 4) is 16.9 Å². The maximum Gasteiger partial charge on any atom is 0.340 e. The largest absolute Gasteiger partial charge is 0.478 e. The first-order valence-corrected chi connectivity index (χ1v) is 12.5. The van der Waals surface area contributed by atoms with E-state index in [1.807, 2.05) is 0 Å². The number of hydrogen-bond acceptors (Lipinski definition) is 3. The molecule has 0 bridgehead atoms. The molecule has 1 N–H and O–H groups in total. The minimum Gasteiger partial charge on any atom is -0.478 e. The molecule has 1 amide bonds. The van der Waals surface area contributed by atoms with E-state index in [2.05, 4.69) is 5.10 Å². The van der Waals surface area contributed by atoms with Crippen LogP contribution >= 0.6 is 23.2 Å². The number of carbonyl (C=O) groups excluding carboxylic acids is 1. The predicted octanol–water partition coefficient (Wildman–Crippen LogP) is 6.70. The van der Waals surface area contributed by atoms with Crippen LogP contribution in [0, 0.1) is 5.82 Å². The fraction of sp³-hybridized carbons (Fsp3) is 0.179. The van der Waals surface area contributed by atoms with Gasteiger partial charge in [0.1, 0.15) is 11.4 Å². The number of para-hydroxylation sites is 1. The highest BCUT2D eigenvalue weighted by atomic mass is 35.5. The molecular formula is C28H22Cl2FN3O3. The van der Waals surface area contributed by atoms with Crippen LogP contribution in [0.25, 0.3) is 16.9 Å². The molecule has 1 aliphatic heterocycles. The zero-order valence-electron chi connectivity index (χ0n) is 19.6. The molecule has 0 unspecified atom stereocenters. The van der Waals surface area contributed by atoms with Gasteiger partial charge in [0.05, 0.1) is 16.4 Å². The summed E-state index contributed by atoms with van der Waals surface area (Å²) in [6, 6.07) is 20.2. The van der Waals surface area contributed by atoms with Gasteiger partial charge in [-0.2, -0.15) is 5.10 Å². The highest BCUT2D eigenvalue weighted by Gasteiger charge is 2.34. The van der Waals surface area contributed by atoms with Crippen LogP contribution in [0.1, 0.15) is 45.2 Å². The average Bonchev–Trinajstić information content (AvgIpc) is 3.30. The Morgan fingerprint density at radius 1 is 0.919 bits per heavy atom. The number of halogens is 3. The Morgan fingerprint density at radius 3 is 2.22 bits per heavy atom. The molecule has 1 fully saturated rings. The number of rotatable bonds is 5. The molecule has 0 atom stereocenters. The summed E-state index contributed by atoms with van der Waals surface area (Å²) in [7, 11) is 0. The van der Waals surface area contributed by atoms with Crippen LogP contribution in [0.15, 0.2) is 72.8 Å². The lowest BCUT2D eigenvalue weighted by Gasteiger charge is -2.32. The van der Waals surface area contributed by atoms with Gasteiger partial charge in [0, 0.05) is 23.7 Å². The number of benzene rings is 3. The van der Waals surface area contributed by atoms with Crippen molar-refractivity contribution < 1.29 is 19.1 Å². The lowest BCUT2D eigenvalue weighted by Crippen LogP contribution is -2.38. The van der Waals surface area contributed by atoms with Gasteiger partial charge in [-0.05, 0) is 54.7 Å². The van der Waals surface area contributed by atoms with Crippen LogP contribution in [-0.4, -0.2) is 44.8 Å². The molecule has 0 radical (unpaired) electrons. The summed E-state index contributed by atoms with van der Waals surface area (Å²) >= 11 is 12.5. The van der Waals surface area contributed by atoms with Crippen molar-refractivity contribution in [3.63, 3.8) is 0 Å². The fourth-order valence-corrected chi connectivity index (χ4v) is 5.13. The number of nitrogens with zero attached hydrogens (tertiary/aromatic N) is 3. The maximum absolute atomic E-state index is 14.3. The first-order chi connectivity index (χ1) is 17.8. The third-order valence-corrected chi connectivity index (χ3v) is 7.20. The predicted molar refractivity (Wildman–Crippen MR) is 140 cm³/mol. The number of likely N-dealkylation sites (tertiary alicyclic amines) is 1. The second-order valence-electron chi connectivity index (χ2n) is 8.84. The summed E-state index contributed by atoms with van der Waals surface area (Å²) in [5, 5.41) is 15.6. The van der Waals surface area contributed by atoms with E-state index in [1.165, 1.54) is 10.7 Å². The van der Waals surface area contributed by atoms with Crippen molar-refractivity contribution >= 4 is 35.1 Å². The Bertz CT molecular complexity index is 1480. The van der Waals surface area contributed by atoms with Gasteiger partial charge < -0.3 is 10.0 Å². The molecule has 0 spiro atoms. The molecule has 9 heteroatoms. The van der Waals surface area contributed by atoms with E-state index in [0.29, 0.717) is 52.8 Å². The van der Waals surface area contributed by atoms with E-state index in [9.17, 15) is 19.1 Å². The van der Waals surface area contributed by atoms with E-state index < -0.39 is 11.9 Å². The normalized spacial score (nSPS) is 14.1. The van der Waals surface area contributed by atoms with Crippen molar-refractivity contribution in [3.05, 3.63) is 105 Å². The van der Waals surface area contributed by atoms with Crippen LogP contribution in [0.5, 0.6) is 0 Å². The molecule has 0 saturated carbocycles. The number of aromatic nitrogens is 2. The van der Waals surface area contributed by atoms with Gasteiger partial charge in [-0.25, -0.2) is 13.9 Å². The van der Waals surface area contributed by atoms with Gasteiger partial charge >= 0.3 is 5.97 Å². The van der Waals surface area contributed by atoms with E-state index >= 15 is 0 Å². The lowest BCUT2D eigenvalue weighted by molar-refractivity contribution is 0.0659. The topological polar surface area (TPSA) is 75.4 Å². The Labute approximate surface area is 222 Å². The Balaban J connectivity index is 1.55. The van der Waals surface area contributed by atoms with Crippen molar-refractivity contribution in [1.29, 1.82) is 0 Å². The van der Waals surface area contributed by atoms with Crippen molar-refractivity contribution in [1.82, 2.24) is 14.7 Å². The minimum atomic E-state index is -1.28. The number of carboxylic acids is 1. The average molecular weight is 538 g/mol. The minimum absolute atomic E-state index is 0.0190. The molecule has 0 aliphatic carbocycles. The van der Waals surface area contributed by atoms with Crippen molar-refractivity contribution in [2.45, 2.75) is 18.8 Å². The summed E-state index contributed by atoms with van der Waals surface area (Å²) in [5.41, 5.74) is 1.42. The maximum atomic E-state index is 14.3. The summed E-state index contributed by atoms with van der Waals surface area (Å²) in [4.78, 5) is 27.8. The standard InChI is InChI=1S/C28H22Cl2FN3O3/c29-19-11-9-18(10-12-19)26-24(28(36)37)25(32-34(26)23-8-4-2-6-21(23)30)27(35)33-15-13-17(14-16-33)20-5-1-3-7-22(20)31/h1-12,17H,13-16H2,(H,36,37). The highest BCUT2D eigenvalue weighted by molar-refractivity contribution is 6.32. The van der Waals surface area contributed by atoms with E-state index in [1.54, 1.807) is 71.6 Å². The fourth-order valence-electron chi connectivity index (χ4n) is 4.79. The molecule has 3 aromatic carbocycles. The zero-order valence-corrected chi connectivity index (χ0v) is 21.1. The number of carbonyl (C=O) groups is 2. The summed E-state index contributed by atoms with van der Waals surface area (Å²) in [5.74, 6) is -2.06. The smallest absolute Gasteiger partial charge is 0.340 e. The van der Waals surface area contributed by atoms with Crippen molar-refractivity contribution in [2.24, 2.45) is 0 Å². The summed E-state index contributed by atoms with van der Waals surface area (Å²) in [6.45, 7) is 0.707. The molecule has 5 rings (SSSR count). The van der Waals surface area contributed by atoms with Gasteiger partial charge in [-0.15, -0.1) is 0 Å². The van der Waals surface area contributed by atoms with Gasteiger partial charge in [0.25, 0.3) is 5.91 Å². The third-order valence-electron chi connectivity index (χ3n) is 6.63. The molecular weight excluding hydrogens is 516 g/mol. The van der Waals surface area contributed by atoms with Crippen LogP contribution in [0.4, 0.5) is 4.39 Å². The number of aromatic carboxylic acids is 1. The molecule has 6 nitrogen and oxygen atoms in total. The van der Waals surface area contributed by atoms with Crippen LogP contribution in [0.2, 0.25) is 10.0 Å². The van der Waals surface area contributed by atoms with Gasteiger partial charge in [0.2, 0.25) is 0 Å². The molecule has 1 saturated heterocycles. The number of carboxylic acid groups (broad SMARTS) is 1. The van der Waals surface area contributed by atoms with Crippen LogP contribution in [0.3, 0.4) is 0 Å². The zero-order chi connectivity index (χ0) is 26.1. The SMILES string of the molecule is O=C(O)c1c(C(=O)N2CCC(c3ccccc3F)CC2)nn(-c2ccccc2Cl)c1-c1ccc(Cl)cc1. The molecule has 4 aromatic rings. The van der Waals surface area contributed by atoms with E-state index in [-0.39, 0.29) is 28.7 Å². The molecule has 37 heavy (non-hydrogen) atoms. The molecule has 188 valence electrons. The third kappa shape index (κ3) is 4.84. The van der Waals surface area contributed by atoms with Gasteiger partial charge in [-0.1, -0.05) is 65.7 Å². The van der Waals surface area contributed by atoms with Gasteiger partial charge in [-0.3, -0.25) is 4.79 Å². The van der Waals surface area contributed by atoms with Crippen LogP contribution < -0.4 is 0 Å². The first-order valence-electron chi connectivity index (χ1n) is 11.8. The second-order valence-corrected chi connectivity index (χ2v) is 9.68. The quantitative estimate of drug-likeness (QED) is 0.307. The first kappa shape index (κ1) is 25.0. The second kappa shape index (κ2) is 10.4. The molecule has 1 aromatic heterocycles. The monoisotopic (exact) mass is 537 g/mol. The summed E-state index contributed by atoms with van der Waals surface area (Å²) < 4.78 is 15.7. The van der Waals surface area contributed by atoms with E-state index in [0.717, 1.165) is 0 Å². The number of amides is 1.